The van der Waals surface area contributed by atoms with Crippen LogP contribution in [0.2, 0.25) is 0 Å². The topological polar surface area (TPSA) is 43.1 Å². The van der Waals surface area contributed by atoms with Crippen LogP contribution in [0.3, 0.4) is 0 Å². The Labute approximate surface area is 128 Å². The van der Waals surface area contributed by atoms with E-state index >= 15 is 0 Å². The second-order valence-electron chi connectivity index (χ2n) is 6.71. The number of rotatable bonds is 5. The highest BCUT2D eigenvalue weighted by Crippen LogP contribution is 2.35. The van der Waals surface area contributed by atoms with Crippen molar-refractivity contribution in [2.45, 2.75) is 65.2 Å². The quantitative estimate of drug-likeness (QED) is 0.848. The smallest absolute Gasteiger partial charge is 0.221 e. The summed E-state index contributed by atoms with van der Waals surface area (Å²) in [5.41, 5.74) is 12.0. The summed E-state index contributed by atoms with van der Waals surface area (Å²) in [4.78, 5) is 11.5. The molecule has 0 aromatic heterocycles. The predicted octanol–water partition coefficient (Wildman–Crippen LogP) is 4.53. The Bertz CT molecular complexity index is 538. The van der Waals surface area contributed by atoms with Crippen LogP contribution in [0.15, 0.2) is 18.2 Å². The van der Waals surface area contributed by atoms with Gasteiger partial charge in [0.25, 0.3) is 0 Å². The molecular formula is C19H27NO. The molecule has 1 aliphatic carbocycles. The van der Waals surface area contributed by atoms with E-state index in [2.05, 4.69) is 45.9 Å². The lowest BCUT2D eigenvalue weighted by Gasteiger charge is -2.21. The van der Waals surface area contributed by atoms with Crippen LogP contribution in [0.1, 0.15) is 81.0 Å². The summed E-state index contributed by atoms with van der Waals surface area (Å²) < 4.78 is 0. The van der Waals surface area contributed by atoms with Crippen molar-refractivity contribution in [1.82, 2.24) is 0 Å². The van der Waals surface area contributed by atoms with Crippen molar-refractivity contribution in [2.75, 3.05) is 0 Å². The Morgan fingerprint density at radius 3 is 2.10 bits per heavy atom. The fourth-order valence-electron chi connectivity index (χ4n) is 3.24. The Morgan fingerprint density at radius 2 is 1.71 bits per heavy atom. The lowest BCUT2D eigenvalue weighted by molar-refractivity contribution is -0.117. The number of hydrogen-bond donors (Lipinski definition) is 1. The normalized spacial score (nSPS) is 14.9. The van der Waals surface area contributed by atoms with E-state index in [-0.39, 0.29) is 5.91 Å². The van der Waals surface area contributed by atoms with Crippen molar-refractivity contribution < 1.29 is 4.79 Å². The molecule has 1 aliphatic rings. The van der Waals surface area contributed by atoms with E-state index in [4.69, 9.17) is 5.73 Å². The summed E-state index contributed by atoms with van der Waals surface area (Å²) in [6.45, 7) is 8.76. The maximum atomic E-state index is 11.5. The van der Waals surface area contributed by atoms with Gasteiger partial charge < -0.3 is 5.73 Å². The Balaban J connectivity index is 2.59. The highest BCUT2D eigenvalue weighted by atomic mass is 16.1. The summed E-state index contributed by atoms with van der Waals surface area (Å²) in [6.07, 6.45) is 6.32. The van der Waals surface area contributed by atoms with Gasteiger partial charge in [-0.1, -0.05) is 45.9 Å². The van der Waals surface area contributed by atoms with Gasteiger partial charge in [-0.05, 0) is 58.9 Å². The number of carbonyl (C=O) groups excluding carboxylic acids is 1. The van der Waals surface area contributed by atoms with E-state index in [0.717, 1.165) is 5.56 Å². The van der Waals surface area contributed by atoms with Crippen LogP contribution in [0.5, 0.6) is 0 Å². The lowest BCUT2D eigenvalue weighted by Crippen LogP contribution is -2.17. The molecule has 0 bridgehead atoms. The van der Waals surface area contributed by atoms with Crippen molar-refractivity contribution in [3.8, 4) is 0 Å². The van der Waals surface area contributed by atoms with Crippen molar-refractivity contribution >= 4 is 11.5 Å². The molecule has 0 spiro atoms. The van der Waals surface area contributed by atoms with Gasteiger partial charge >= 0.3 is 0 Å². The van der Waals surface area contributed by atoms with Gasteiger partial charge in [-0.25, -0.2) is 0 Å². The Hall–Kier alpha value is -1.57. The second kappa shape index (κ2) is 6.46. The molecular weight excluding hydrogens is 258 g/mol. The maximum absolute atomic E-state index is 11.5. The number of carbonyl (C=O) groups is 1. The van der Waals surface area contributed by atoms with Crippen LogP contribution in [-0.4, -0.2) is 5.91 Å². The zero-order valence-corrected chi connectivity index (χ0v) is 13.7. The van der Waals surface area contributed by atoms with Gasteiger partial charge in [-0.3, -0.25) is 4.79 Å². The zero-order valence-electron chi connectivity index (χ0n) is 13.7. The third kappa shape index (κ3) is 3.55. The zero-order chi connectivity index (χ0) is 15.6. The molecule has 2 nitrogen and oxygen atoms in total. The first-order valence-electron chi connectivity index (χ1n) is 8.04. The van der Waals surface area contributed by atoms with Crippen LogP contribution in [0.25, 0.3) is 5.57 Å². The molecule has 114 valence electrons. The molecule has 0 unspecified atom stereocenters. The van der Waals surface area contributed by atoms with E-state index in [1.165, 1.54) is 41.5 Å². The van der Waals surface area contributed by atoms with E-state index in [1.807, 2.05) is 0 Å². The minimum Gasteiger partial charge on any atom is -0.369 e. The number of hydrogen-bond acceptors (Lipinski definition) is 1. The molecule has 0 atom stereocenters. The molecule has 0 saturated carbocycles. The molecule has 0 heterocycles. The minimum absolute atomic E-state index is 0.244. The third-order valence-electron chi connectivity index (χ3n) is 4.33. The summed E-state index contributed by atoms with van der Waals surface area (Å²) in [6, 6.07) is 4.57. The fraction of sp³-hybridized carbons (Fsp3) is 0.526. The van der Waals surface area contributed by atoms with E-state index in [9.17, 15) is 4.79 Å². The van der Waals surface area contributed by atoms with Gasteiger partial charge in [-0.2, -0.15) is 0 Å². The average molecular weight is 285 g/mol. The van der Waals surface area contributed by atoms with Crippen molar-refractivity contribution in [1.29, 1.82) is 0 Å². The largest absolute Gasteiger partial charge is 0.369 e. The first-order chi connectivity index (χ1) is 9.90. The van der Waals surface area contributed by atoms with E-state index in [1.54, 1.807) is 0 Å². The molecule has 2 rings (SSSR count). The number of allylic oxidation sites excluding steroid dienone is 2. The second-order valence-corrected chi connectivity index (χ2v) is 6.71. The first-order valence-corrected chi connectivity index (χ1v) is 8.04. The summed E-state index contributed by atoms with van der Waals surface area (Å²) in [5.74, 6) is 0.559. The van der Waals surface area contributed by atoms with Crippen LogP contribution in [0.4, 0.5) is 0 Å². The van der Waals surface area contributed by atoms with Crippen molar-refractivity contribution in [3.63, 3.8) is 0 Å². The van der Waals surface area contributed by atoms with Gasteiger partial charge in [0.05, 0.1) is 6.42 Å². The Kier molecular flexibility index (Phi) is 4.87. The van der Waals surface area contributed by atoms with Crippen LogP contribution >= 0.6 is 0 Å². The number of nitrogens with two attached hydrogens (primary N) is 1. The van der Waals surface area contributed by atoms with E-state index < -0.39 is 0 Å². The lowest BCUT2D eigenvalue weighted by atomic mass is 9.84. The monoisotopic (exact) mass is 285 g/mol. The SMILES string of the molecule is CC(C)c1cc(C2=CCCC2)cc(C(C)C)c1CC(N)=O. The molecule has 1 aromatic rings. The molecule has 0 aliphatic heterocycles. The number of benzene rings is 1. The van der Waals surface area contributed by atoms with Crippen molar-refractivity contribution in [3.05, 3.63) is 40.5 Å². The van der Waals surface area contributed by atoms with Gasteiger partial charge in [0.1, 0.15) is 0 Å². The fourth-order valence-corrected chi connectivity index (χ4v) is 3.24. The number of amides is 1. The molecule has 2 heteroatoms. The summed E-state index contributed by atoms with van der Waals surface area (Å²) >= 11 is 0. The van der Waals surface area contributed by atoms with Crippen LogP contribution in [-0.2, 0) is 11.2 Å². The number of primary amides is 1. The summed E-state index contributed by atoms with van der Waals surface area (Å²) in [5, 5.41) is 0. The third-order valence-corrected chi connectivity index (χ3v) is 4.33. The molecule has 2 N–H and O–H groups in total. The van der Waals surface area contributed by atoms with Gasteiger partial charge in [0.2, 0.25) is 5.91 Å². The molecule has 0 saturated heterocycles. The molecule has 0 radical (unpaired) electrons. The molecule has 21 heavy (non-hydrogen) atoms. The average Bonchev–Trinajstić information content (AvgIpc) is 2.91. The highest BCUT2D eigenvalue weighted by Gasteiger charge is 2.19. The van der Waals surface area contributed by atoms with Crippen molar-refractivity contribution in [2.24, 2.45) is 5.73 Å². The molecule has 1 amide bonds. The molecule has 0 fully saturated rings. The van der Waals surface area contributed by atoms with Crippen LogP contribution in [0, 0.1) is 0 Å². The highest BCUT2D eigenvalue weighted by molar-refractivity contribution is 5.78. The van der Waals surface area contributed by atoms with Crippen LogP contribution < -0.4 is 5.73 Å². The van der Waals surface area contributed by atoms with Gasteiger partial charge in [0.15, 0.2) is 0 Å². The van der Waals surface area contributed by atoms with E-state index in [0.29, 0.717) is 18.3 Å². The maximum Gasteiger partial charge on any atom is 0.221 e. The Morgan fingerprint density at radius 1 is 1.14 bits per heavy atom. The molecule has 1 aromatic carbocycles. The predicted molar refractivity (Wildman–Crippen MR) is 89.3 cm³/mol. The van der Waals surface area contributed by atoms with Gasteiger partial charge in [0, 0.05) is 0 Å². The van der Waals surface area contributed by atoms with Gasteiger partial charge in [-0.15, -0.1) is 0 Å². The standard InChI is InChI=1S/C19H27NO/c1-12(2)16-9-15(14-7-5-6-8-14)10-17(13(3)4)18(16)11-19(20)21/h7,9-10,12-13H,5-6,8,11H2,1-4H3,(H2,20,21). The minimum atomic E-state index is -0.244. The summed E-state index contributed by atoms with van der Waals surface area (Å²) in [7, 11) is 0. The first kappa shape index (κ1) is 15.8.